The average molecular weight is 239 g/mol. The smallest absolute Gasteiger partial charge is 0.307 e. The van der Waals surface area contributed by atoms with Gasteiger partial charge in [-0.1, -0.05) is 12.8 Å². The maximum Gasteiger partial charge on any atom is 0.307 e. The Hall–Kier alpha value is -1.06. The van der Waals surface area contributed by atoms with E-state index in [1.807, 2.05) is 11.8 Å². The normalized spacial score (nSPS) is 28.8. The van der Waals surface area contributed by atoms with Gasteiger partial charge in [-0.05, 0) is 32.6 Å². The van der Waals surface area contributed by atoms with Crippen molar-refractivity contribution in [1.29, 1.82) is 0 Å². The van der Waals surface area contributed by atoms with E-state index < -0.39 is 11.9 Å². The largest absolute Gasteiger partial charge is 0.481 e. The third kappa shape index (κ3) is 2.31. The van der Waals surface area contributed by atoms with E-state index in [9.17, 15) is 9.59 Å². The first-order valence-corrected chi connectivity index (χ1v) is 6.68. The number of hydrogen-bond acceptors (Lipinski definition) is 2. The van der Waals surface area contributed by atoms with Crippen molar-refractivity contribution in [2.24, 2.45) is 11.8 Å². The maximum absolute atomic E-state index is 12.3. The van der Waals surface area contributed by atoms with Crippen LogP contribution in [0, 0.1) is 11.8 Å². The number of carboxylic acid groups (broad SMARTS) is 1. The van der Waals surface area contributed by atoms with Crippen molar-refractivity contribution in [2.75, 3.05) is 6.54 Å². The van der Waals surface area contributed by atoms with Gasteiger partial charge in [0.2, 0.25) is 5.91 Å². The molecule has 17 heavy (non-hydrogen) atoms. The topological polar surface area (TPSA) is 57.6 Å². The maximum atomic E-state index is 12.3. The molecule has 1 N–H and O–H groups in total. The van der Waals surface area contributed by atoms with Crippen LogP contribution in [0.3, 0.4) is 0 Å². The Labute approximate surface area is 102 Å². The fraction of sp³-hybridized carbons (Fsp3) is 0.846. The molecule has 96 valence electrons. The number of carbonyl (C=O) groups excluding carboxylic acids is 1. The fourth-order valence-corrected chi connectivity index (χ4v) is 3.11. The van der Waals surface area contributed by atoms with Gasteiger partial charge < -0.3 is 10.0 Å². The van der Waals surface area contributed by atoms with Crippen molar-refractivity contribution < 1.29 is 14.7 Å². The molecule has 0 heterocycles. The number of hydrogen-bond donors (Lipinski definition) is 1. The number of rotatable bonds is 4. The lowest BCUT2D eigenvalue weighted by Gasteiger charge is -2.38. The third-order valence-electron chi connectivity index (χ3n) is 4.30. The molecule has 4 nitrogen and oxygen atoms in total. The van der Waals surface area contributed by atoms with Crippen molar-refractivity contribution >= 4 is 11.9 Å². The van der Waals surface area contributed by atoms with Gasteiger partial charge in [0.25, 0.3) is 0 Å². The molecular weight excluding hydrogens is 218 g/mol. The lowest BCUT2D eigenvalue weighted by atomic mass is 9.72. The molecule has 0 saturated heterocycles. The summed E-state index contributed by atoms with van der Waals surface area (Å²) in [5.41, 5.74) is 0. The Morgan fingerprint density at radius 2 is 1.71 bits per heavy atom. The Balaban J connectivity index is 1.99. The summed E-state index contributed by atoms with van der Waals surface area (Å²) in [4.78, 5) is 25.2. The van der Waals surface area contributed by atoms with E-state index >= 15 is 0 Å². The van der Waals surface area contributed by atoms with Crippen LogP contribution in [0.5, 0.6) is 0 Å². The predicted octanol–water partition coefficient (Wildman–Crippen LogP) is 1.89. The van der Waals surface area contributed by atoms with Crippen molar-refractivity contribution in [1.82, 2.24) is 4.90 Å². The van der Waals surface area contributed by atoms with Gasteiger partial charge in [-0.2, -0.15) is 0 Å². The van der Waals surface area contributed by atoms with Gasteiger partial charge in [-0.3, -0.25) is 9.59 Å². The molecule has 1 amide bonds. The molecule has 0 spiro atoms. The lowest BCUT2D eigenvalue weighted by Crippen LogP contribution is -2.49. The van der Waals surface area contributed by atoms with Crippen LogP contribution in [-0.4, -0.2) is 34.5 Å². The summed E-state index contributed by atoms with van der Waals surface area (Å²) in [6, 6.07) is 0.363. The molecule has 4 heteroatoms. The standard InChI is InChI=1S/C13H21NO3/c1-2-14(9-5-3-4-6-9)12(15)10-7-8-11(10)13(16)17/h9-11H,2-8H2,1H3,(H,16,17). The molecule has 2 saturated carbocycles. The zero-order valence-corrected chi connectivity index (χ0v) is 10.4. The highest BCUT2D eigenvalue weighted by atomic mass is 16.4. The average Bonchev–Trinajstić information content (AvgIpc) is 2.69. The molecule has 0 aromatic heterocycles. The van der Waals surface area contributed by atoms with Crippen LogP contribution in [0.2, 0.25) is 0 Å². The van der Waals surface area contributed by atoms with E-state index in [-0.39, 0.29) is 11.8 Å². The second-order valence-electron chi connectivity index (χ2n) is 5.19. The van der Waals surface area contributed by atoms with Crippen molar-refractivity contribution in [2.45, 2.75) is 51.5 Å². The van der Waals surface area contributed by atoms with Gasteiger partial charge in [0.1, 0.15) is 0 Å². The Morgan fingerprint density at radius 1 is 1.12 bits per heavy atom. The molecule has 0 radical (unpaired) electrons. The molecule has 2 aliphatic carbocycles. The summed E-state index contributed by atoms with van der Waals surface area (Å²) < 4.78 is 0. The minimum Gasteiger partial charge on any atom is -0.481 e. The SMILES string of the molecule is CCN(C(=O)C1CCC1C(=O)O)C1CCCC1. The van der Waals surface area contributed by atoms with Gasteiger partial charge in [0.05, 0.1) is 11.8 Å². The monoisotopic (exact) mass is 239 g/mol. The lowest BCUT2D eigenvalue weighted by molar-refractivity contribution is -0.157. The van der Waals surface area contributed by atoms with Gasteiger partial charge in [0, 0.05) is 12.6 Å². The fourth-order valence-electron chi connectivity index (χ4n) is 3.11. The molecular formula is C13H21NO3. The zero-order valence-electron chi connectivity index (χ0n) is 10.4. The number of aliphatic carboxylic acids is 1. The van der Waals surface area contributed by atoms with E-state index in [0.29, 0.717) is 19.0 Å². The summed E-state index contributed by atoms with van der Waals surface area (Å²) in [5, 5.41) is 9.00. The first kappa shape index (κ1) is 12.4. The summed E-state index contributed by atoms with van der Waals surface area (Å²) in [6.45, 7) is 2.71. The van der Waals surface area contributed by atoms with Crippen molar-refractivity contribution in [3.63, 3.8) is 0 Å². The quantitative estimate of drug-likeness (QED) is 0.815. The van der Waals surface area contributed by atoms with Crippen LogP contribution >= 0.6 is 0 Å². The molecule has 2 rings (SSSR count). The summed E-state index contributed by atoms with van der Waals surface area (Å²) in [6.07, 6.45) is 5.98. The van der Waals surface area contributed by atoms with Crippen molar-refractivity contribution in [3.05, 3.63) is 0 Å². The highest BCUT2D eigenvalue weighted by Crippen LogP contribution is 2.37. The molecule has 2 unspecified atom stereocenters. The van der Waals surface area contributed by atoms with Gasteiger partial charge >= 0.3 is 5.97 Å². The van der Waals surface area contributed by atoms with Crippen LogP contribution in [0.15, 0.2) is 0 Å². The van der Waals surface area contributed by atoms with Gasteiger partial charge in [-0.25, -0.2) is 0 Å². The van der Waals surface area contributed by atoms with E-state index in [2.05, 4.69) is 0 Å². The van der Waals surface area contributed by atoms with Gasteiger partial charge in [0.15, 0.2) is 0 Å². The van der Waals surface area contributed by atoms with E-state index in [0.717, 1.165) is 19.3 Å². The highest BCUT2D eigenvalue weighted by molar-refractivity contribution is 5.86. The van der Waals surface area contributed by atoms with Crippen LogP contribution in [0.25, 0.3) is 0 Å². The predicted molar refractivity (Wildman–Crippen MR) is 63.5 cm³/mol. The minimum absolute atomic E-state index is 0.0815. The van der Waals surface area contributed by atoms with Crippen LogP contribution < -0.4 is 0 Å². The van der Waals surface area contributed by atoms with Gasteiger partial charge in [-0.15, -0.1) is 0 Å². The Kier molecular flexibility index (Phi) is 3.69. The third-order valence-corrected chi connectivity index (χ3v) is 4.30. The van der Waals surface area contributed by atoms with E-state index in [1.165, 1.54) is 12.8 Å². The molecule has 0 aromatic carbocycles. The zero-order chi connectivity index (χ0) is 12.4. The van der Waals surface area contributed by atoms with E-state index in [1.54, 1.807) is 0 Å². The number of carboxylic acids is 1. The van der Waals surface area contributed by atoms with Crippen LogP contribution in [-0.2, 0) is 9.59 Å². The molecule has 2 aliphatic rings. The number of nitrogens with zero attached hydrogens (tertiary/aromatic N) is 1. The molecule has 0 bridgehead atoms. The van der Waals surface area contributed by atoms with E-state index in [4.69, 9.17) is 5.11 Å². The first-order chi connectivity index (χ1) is 8.15. The number of amides is 1. The first-order valence-electron chi connectivity index (χ1n) is 6.68. The second kappa shape index (κ2) is 5.07. The Morgan fingerprint density at radius 3 is 2.12 bits per heavy atom. The molecule has 2 fully saturated rings. The Bertz CT molecular complexity index is 310. The summed E-state index contributed by atoms with van der Waals surface area (Å²) >= 11 is 0. The summed E-state index contributed by atoms with van der Waals surface area (Å²) in [5.74, 6) is -1.42. The minimum atomic E-state index is -0.808. The molecule has 0 aromatic rings. The van der Waals surface area contributed by atoms with Crippen LogP contribution in [0.1, 0.15) is 45.4 Å². The van der Waals surface area contributed by atoms with Crippen molar-refractivity contribution in [3.8, 4) is 0 Å². The number of carbonyl (C=O) groups is 2. The van der Waals surface area contributed by atoms with Crippen LogP contribution in [0.4, 0.5) is 0 Å². The molecule has 2 atom stereocenters. The second-order valence-corrected chi connectivity index (χ2v) is 5.19. The highest BCUT2D eigenvalue weighted by Gasteiger charge is 2.44. The molecule has 0 aliphatic heterocycles. The summed E-state index contributed by atoms with van der Waals surface area (Å²) in [7, 11) is 0.